The number of fused-ring (bicyclic) bond motifs is 1. The monoisotopic (exact) mass is 403 g/mol. The van der Waals surface area contributed by atoms with E-state index >= 15 is 0 Å². The Morgan fingerprint density at radius 2 is 1.76 bits per heavy atom. The predicted molar refractivity (Wildman–Crippen MR) is 125 cm³/mol. The van der Waals surface area contributed by atoms with Gasteiger partial charge >= 0.3 is 0 Å². The lowest BCUT2D eigenvalue weighted by atomic mass is 10.0. The number of benzene rings is 2. The van der Waals surface area contributed by atoms with Crippen LogP contribution in [0.25, 0.3) is 10.9 Å². The Labute approximate surface area is 177 Å². The molecular formula is C23H25N5S. The first-order chi connectivity index (χ1) is 13.9. The van der Waals surface area contributed by atoms with Crippen LogP contribution in [0.3, 0.4) is 0 Å². The van der Waals surface area contributed by atoms with Gasteiger partial charge in [-0.3, -0.25) is 0 Å². The molecule has 1 aromatic heterocycles. The van der Waals surface area contributed by atoms with E-state index in [1.165, 1.54) is 16.7 Å². The lowest BCUT2D eigenvalue weighted by Gasteiger charge is -2.14. The quantitative estimate of drug-likeness (QED) is 0.422. The highest BCUT2D eigenvalue weighted by atomic mass is 32.1. The van der Waals surface area contributed by atoms with Gasteiger partial charge in [0.1, 0.15) is 11.9 Å². The van der Waals surface area contributed by atoms with Gasteiger partial charge in [0.2, 0.25) is 0 Å². The maximum atomic E-state index is 9.48. The number of anilines is 2. The van der Waals surface area contributed by atoms with Crippen molar-refractivity contribution in [2.24, 2.45) is 0 Å². The van der Waals surface area contributed by atoms with Crippen molar-refractivity contribution in [2.45, 2.75) is 27.7 Å². The number of hydrogen-bond donors (Lipinski definition) is 3. The van der Waals surface area contributed by atoms with Crippen LogP contribution in [0.15, 0.2) is 36.4 Å². The Hall–Kier alpha value is -3.17. The van der Waals surface area contributed by atoms with Gasteiger partial charge in [0.25, 0.3) is 0 Å². The number of pyridine rings is 1. The normalized spacial score (nSPS) is 10.4. The highest BCUT2D eigenvalue weighted by Crippen LogP contribution is 2.23. The van der Waals surface area contributed by atoms with Gasteiger partial charge in [-0.05, 0) is 86.4 Å². The van der Waals surface area contributed by atoms with Crippen molar-refractivity contribution in [3.05, 3.63) is 64.2 Å². The summed E-state index contributed by atoms with van der Waals surface area (Å²) in [5, 5.41) is 20.7. The third-order valence-corrected chi connectivity index (χ3v) is 5.14. The van der Waals surface area contributed by atoms with Crippen LogP contribution >= 0.6 is 12.2 Å². The molecule has 29 heavy (non-hydrogen) atoms. The highest BCUT2D eigenvalue weighted by Gasteiger charge is 2.08. The molecule has 0 spiro atoms. The topological polar surface area (TPSA) is 72.8 Å². The molecule has 148 valence electrons. The lowest BCUT2D eigenvalue weighted by Crippen LogP contribution is -2.32. The van der Waals surface area contributed by atoms with Crippen LogP contribution < -0.4 is 16.0 Å². The van der Waals surface area contributed by atoms with Crippen LogP contribution in [0.1, 0.15) is 27.8 Å². The van der Waals surface area contributed by atoms with Crippen molar-refractivity contribution in [3.8, 4) is 6.07 Å². The lowest BCUT2D eigenvalue weighted by molar-refractivity contribution is 0.911. The molecule has 0 amide bonds. The minimum Gasteiger partial charge on any atom is -0.367 e. The molecule has 1 heterocycles. The maximum absolute atomic E-state index is 9.48. The van der Waals surface area contributed by atoms with E-state index in [4.69, 9.17) is 12.2 Å². The van der Waals surface area contributed by atoms with Crippen LogP contribution in [-0.4, -0.2) is 23.2 Å². The van der Waals surface area contributed by atoms with Gasteiger partial charge in [0.05, 0.1) is 11.1 Å². The second kappa shape index (κ2) is 8.89. The third-order valence-electron chi connectivity index (χ3n) is 4.89. The fourth-order valence-electron chi connectivity index (χ4n) is 3.05. The molecule has 0 aliphatic heterocycles. The molecule has 0 saturated heterocycles. The van der Waals surface area contributed by atoms with Gasteiger partial charge in [-0.25, -0.2) is 4.98 Å². The average molecular weight is 404 g/mol. The minimum atomic E-state index is 0.539. The Morgan fingerprint density at radius 1 is 1.00 bits per heavy atom. The number of nitrogens with zero attached hydrogens (tertiary/aromatic N) is 2. The van der Waals surface area contributed by atoms with Gasteiger partial charge < -0.3 is 16.0 Å². The summed E-state index contributed by atoms with van der Waals surface area (Å²) >= 11 is 5.39. The van der Waals surface area contributed by atoms with Crippen LogP contribution in [0, 0.1) is 39.0 Å². The molecule has 0 aliphatic rings. The van der Waals surface area contributed by atoms with Crippen molar-refractivity contribution in [1.29, 1.82) is 5.26 Å². The second-order valence-electron chi connectivity index (χ2n) is 7.25. The van der Waals surface area contributed by atoms with Gasteiger partial charge in [-0.2, -0.15) is 5.26 Å². The average Bonchev–Trinajstić information content (AvgIpc) is 2.68. The third kappa shape index (κ3) is 5.01. The molecule has 0 bridgehead atoms. The number of nitriles is 1. The summed E-state index contributed by atoms with van der Waals surface area (Å²) in [5.41, 5.74) is 7.13. The molecular weight excluding hydrogens is 378 g/mol. The second-order valence-corrected chi connectivity index (χ2v) is 7.66. The molecule has 0 fully saturated rings. The largest absolute Gasteiger partial charge is 0.367 e. The van der Waals surface area contributed by atoms with Crippen LogP contribution in [-0.2, 0) is 0 Å². The van der Waals surface area contributed by atoms with Crippen molar-refractivity contribution in [1.82, 2.24) is 10.3 Å². The smallest absolute Gasteiger partial charge is 0.170 e. The molecule has 3 N–H and O–H groups in total. The summed E-state index contributed by atoms with van der Waals surface area (Å²) in [6.07, 6.45) is 0. The zero-order valence-electron chi connectivity index (χ0n) is 17.2. The Kier molecular flexibility index (Phi) is 6.30. The standard InChI is InChI=1S/C23H25N5S/c1-14-5-6-15(2)20(9-14)28-23(29)26-8-7-25-22-19(13-24)12-18-10-16(3)17(4)11-21(18)27-22/h5-6,9-12H,7-8H2,1-4H3,(H,25,27)(H2,26,28,29). The van der Waals surface area contributed by atoms with Crippen molar-refractivity contribution >= 4 is 39.7 Å². The van der Waals surface area contributed by atoms with Gasteiger partial charge in [0.15, 0.2) is 5.11 Å². The van der Waals surface area contributed by atoms with E-state index in [0.717, 1.165) is 22.2 Å². The van der Waals surface area contributed by atoms with E-state index < -0.39 is 0 Å². The Bertz CT molecular complexity index is 1110. The fraction of sp³-hybridized carbons (Fsp3) is 0.261. The van der Waals surface area contributed by atoms with Crippen molar-refractivity contribution in [3.63, 3.8) is 0 Å². The van der Waals surface area contributed by atoms with E-state index in [2.05, 4.69) is 78.1 Å². The van der Waals surface area contributed by atoms with Crippen LogP contribution in [0.5, 0.6) is 0 Å². The fourth-order valence-corrected chi connectivity index (χ4v) is 3.27. The number of hydrogen-bond acceptors (Lipinski definition) is 4. The predicted octanol–water partition coefficient (Wildman–Crippen LogP) is 4.74. The van der Waals surface area contributed by atoms with E-state index in [1.807, 2.05) is 13.0 Å². The van der Waals surface area contributed by atoms with Gasteiger partial charge in [-0.15, -0.1) is 0 Å². The molecule has 0 unspecified atom stereocenters. The molecule has 0 radical (unpaired) electrons. The summed E-state index contributed by atoms with van der Waals surface area (Å²) in [5.74, 6) is 0.596. The number of thiocarbonyl (C=S) groups is 1. The first-order valence-corrected chi connectivity index (χ1v) is 9.96. The van der Waals surface area contributed by atoms with Crippen molar-refractivity contribution < 1.29 is 0 Å². The van der Waals surface area contributed by atoms with E-state index in [0.29, 0.717) is 29.6 Å². The summed E-state index contributed by atoms with van der Waals surface area (Å²) in [7, 11) is 0. The summed E-state index contributed by atoms with van der Waals surface area (Å²) in [4.78, 5) is 4.64. The molecule has 3 aromatic rings. The molecule has 0 aliphatic carbocycles. The first kappa shape index (κ1) is 20.6. The first-order valence-electron chi connectivity index (χ1n) is 9.55. The zero-order valence-corrected chi connectivity index (χ0v) is 18.0. The van der Waals surface area contributed by atoms with E-state index in [-0.39, 0.29) is 0 Å². The maximum Gasteiger partial charge on any atom is 0.170 e. The summed E-state index contributed by atoms with van der Waals surface area (Å²) in [6.45, 7) is 9.42. The van der Waals surface area contributed by atoms with Crippen molar-refractivity contribution in [2.75, 3.05) is 23.7 Å². The van der Waals surface area contributed by atoms with Crippen LogP contribution in [0.4, 0.5) is 11.5 Å². The number of rotatable bonds is 5. The number of nitrogens with one attached hydrogen (secondary N) is 3. The molecule has 6 heteroatoms. The van der Waals surface area contributed by atoms with E-state index in [1.54, 1.807) is 0 Å². The molecule has 0 atom stereocenters. The van der Waals surface area contributed by atoms with Crippen LogP contribution in [0.2, 0.25) is 0 Å². The minimum absolute atomic E-state index is 0.539. The SMILES string of the molecule is Cc1ccc(C)c(NC(=S)NCCNc2nc3cc(C)c(C)cc3cc2C#N)c1. The zero-order chi connectivity index (χ0) is 21.0. The molecule has 5 nitrogen and oxygen atoms in total. The Balaban J connectivity index is 1.60. The number of aryl methyl sites for hydroxylation is 4. The molecule has 3 rings (SSSR count). The molecule has 2 aromatic carbocycles. The summed E-state index contributed by atoms with van der Waals surface area (Å²) in [6, 6.07) is 14.5. The van der Waals surface area contributed by atoms with Gasteiger partial charge in [0, 0.05) is 24.2 Å². The van der Waals surface area contributed by atoms with Gasteiger partial charge in [-0.1, -0.05) is 12.1 Å². The summed E-state index contributed by atoms with van der Waals surface area (Å²) < 4.78 is 0. The highest BCUT2D eigenvalue weighted by molar-refractivity contribution is 7.80. The Morgan fingerprint density at radius 3 is 2.52 bits per heavy atom. The number of aromatic nitrogens is 1. The van der Waals surface area contributed by atoms with E-state index in [9.17, 15) is 5.26 Å². The molecule has 0 saturated carbocycles.